The van der Waals surface area contributed by atoms with E-state index in [4.69, 9.17) is 0 Å². The van der Waals surface area contributed by atoms with E-state index in [1.165, 1.54) is 10.4 Å². The van der Waals surface area contributed by atoms with Crippen LogP contribution in [-0.2, 0) is 21.0 Å². The lowest BCUT2D eigenvalue weighted by atomic mass is 10.0. The molecule has 0 radical (unpaired) electrons. The Bertz CT molecular complexity index is 848. The second-order valence-corrected chi connectivity index (χ2v) is 10.8. The fourth-order valence-electron chi connectivity index (χ4n) is 3.70. The lowest BCUT2D eigenvalue weighted by Gasteiger charge is -2.44. The van der Waals surface area contributed by atoms with E-state index in [0.717, 1.165) is 17.9 Å². The van der Waals surface area contributed by atoms with Gasteiger partial charge in [0.1, 0.15) is 0 Å². The van der Waals surface area contributed by atoms with Crippen molar-refractivity contribution in [2.75, 3.05) is 25.4 Å². The van der Waals surface area contributed by atoms with Gasteiger partial charge in [-0.05, 0) is 31.0 Å². The summed E-state index contributed by atoms with van der Waals surface area (Å²) in [5.41, 5.74) is -0.984. The molecule has 28 heavy (non-hydrogen) atoms. The highest BCUT2D eigenvalue weighted by molar-refractivity contribution is 8.00. The predicted molar refractivity (Wildman–Crippen MR) is 101 cm³/mol. The Labute approximate surface area is 167 Å². The van der Waals surface area contributed by atoms with Gasteiger partial charge in [0.15, 0.2) is 0 Å². The Morgan fingerprint density at radius 2 is 1.82 bits per heavy atom. The Morgan fingerprint density at radius 1 is 1.18 bits per heavy atom. The first-order valence-electron chi connectivity index (χ1n) is 9.10. The number of sulfonamides is 1. The van der Waals surface area contributed by atoms with Gasteiger partial charge in [-0.15, -0.1) is 11.8 Å². The smallest absolute Gasteiger partial charge is 0.327 e. The Kier molecular flexibility index (Phi) is 5.77. The number of halogens is 3. The summed E-state index contributed by atoms with van der Waals surface area (Å²) >= 11 is 1.67. The van der Waals surface area contributed by atoms with Crippen LogP contribution in [0.3, 0.4) is 0 Å². The molecule has 1 spiro atoms. The van der Waals surface area contributed by atoms with Crippen LogP contribution < -0.4 is 0 Å². The molecule has 1 amide bonds. The molecule has 1 aromatic rings. The van der Waals surface area contributed by atoms with Crippen LogP contribution in [0.4, 0.5) is 13.2 Å². The zero-order valence-corrected chi connectivity index (χ0v) is 17.3. The quantitative estimate of drug-likeness (QED) is 0.729. The molecule has 1 aromatic carbocycles. The van der Waals surface area contributed by atoms with Gasteiger partial charge in [0, 0.05) is 31.3 Å². The zero-order valence-electron chi connectivity index (χ0n) is 15.7. The Hall–Kier alpha value is -1.26. The summed E-state index contributed by atoms with van der Waals surface area (Å²) in [7, 11) is -4.02. The van der Waals surface area contributed by atoms with E-state index in [1.807, 2.05) is 18.7 Å². The molecule has 2 saturated heterocycles. The molecule has 0 unspecified atom stereocenters. The summed E-state index contributed by atoms with van der Waals surface area (Å²) in [5.74, 6) is 0.723. The average molecular weight is 437 g/mol. The van der Waals surface area contributed by atoms with Crippen molar-refractivity contribution < 1.29 is 26.4 Å². The van der Waals surface area contributed by atoms with Crippen molar-refractivity contribution in [2.24, 2.45) is 5.92 Å². The highest BCUT2D eigenvalue weighted by Gasteiger charge is 2.48. The van der Waals surface area contributed by atoms with Gasteiger partial charge in [-0.25, -0.2) is 8.42 Å². The number of hydrogen-bond acceptors (Lipinski definition) is 4. The first kappa shape index (κ1) is 21.4. The van der Waals surface area contributed by atoms with Crippen LogP contribution in [0.5, 0.6) is 0 Å². The lowest BCUT2D eigenvalue weighted by molar-refractivity contribution is -0.138. The fraction of sp³-hybridized carbons (Fsp3) is 0.611. The van der Waals surface area contributed by atoms with Crippen LogP contribution in [0.1, 0.15) is 32.3 Å². The van der Waals surface area contributed by atoms with E-state index in [-0.39, 0.29) is 29.8 Å². The third-order valence-electron chi connectivity index (χ3n) is 5.24. The molecule has 0 bridgehead atoms. The van der Waals surface area contributed by atoms with Gasteiger partial charge in [0.25, 0.3) is 0 Å². The topological polar surface area (TPSA) is 57.7 Å². The summed E-state index contributed by atoms with van der Waals surface area (Å²) in [6.07, 6.45) is -3.67. The number of nitrogens with zero attached hydrogens (tertiary/aromatic N) is 2. The van der Waals surface area contributed by atoms with E-state index in [1.54, 1.807) is 11.8 Å². The molecule has 0 saturated carbocycles. The van der Waals surface area contributed by atoms with E-state index >= 15 is 0 Å². The second kappa shape index (κ2) is 7.53. The van der Waals surface area contributed by atoms with Crippen LogP contribution in [0, 0.1) is 5.92 Å². The van der Waals surface area contributed by atoms with Crippen molar-refractivity contribution in [2.45, 2.75) is 42.6 Å². The molecule has 156 valence electrons. The van der Waals surface area contributed by atoms with Gasteiger partial charge in [-0.3, -0.25) is 4.79 Å². The van der Waals surface area contributed by atoms with Gasteiger partial charge in [0.2, 0.25) is 15.9 Å². The minimum atomic E-state index is -4.60. The molecular formula is C18H23F3N2O3S2. The van der Waals surface area contributed by atoms with Crippen LogP contribution in [-0.4, -0.2) is 53.8 Å². The first-order chi connectivity index (χ1) is 13.0. The number of hydrogen-bond donors (Lipinski definition) is 0. The normalized spacial score (nSPS) is 20.9. The molecule has 0 aromatic heterocycles. The van der Waals surface area contributed by atoms with E-state index in [0.29, 0.717) is 25.5 Å². The third kappa shape index (κ3) is 3.91. The number of carbonyl (C=O) groups is 1. The summed E-state index contributed by atoms with van der Waals surface area (Å²) in [4.78, 5) is 13.6. The van der Waals surface area contributed by atoms with Crippen LogP contribution in [0.15, 0.2) is 29.2 Å². The van der Waals surface area contributed by atoms with Gasteiger partial charge < -0.3 is 4.90 Å². The molecule has 0 N–H and O–H groups in total. The summed E-state index contributed by atoms with van der Waals surface area (Å²) in [6, 6.07) is 3.83. The van der Waals surface area contributed by atoms with Crippen LogP contribution in [0.25, 0.3) is 0 Å². The maximum absolute atomic E-state index is 12.9. The Balaban J connectivity index is 1.78. The fourth-order valence-corrected chi connectivity index (χ4v) is 6.65. The first-order valence-corrected chi connectivity index (χ1v) is 11.5. The van der Waals surface area contributed by atoms with Crippen molar-refractivity contribution in [3.63, 3.8) is 0 Å². The molecule has 0 atom stereocenters. The molecule has 2 aliphatic rings. The number of rotatable bonds is 3. The second-order valence-electron chi connectivity index (χ2n) is 7.37. The maximum atomic E-state index is 12.9. The monoisotopic (exact) mass is 436 g/mol. The minimum absolute atomic E-state index is 0.0548. The molecule has 5 nitrogen and oxygen atoms in total. The lowest BCUT2D eigenvalue weighted by Crippen LogP contribution is -2.54. The molecular weight excluding hydrogens is 413 g/mol. The standard InChI is InChI=1S/C18H23F3N2O3S2/c1-13(2)16(24)23-10-11-27-17(23)6-8-22(9-7-17)28(25,26)15-5-3-4-14(12-15)18(19,20)21/h3-5,12-13H,6-11H2,1-2H3. The number of piperidine rings is 1. The number of alkyl halides is 3. The molecule has 2 heterocycles. The average Bonchev–Trinajstić information content (AvgIpc) is 3.03. The molecule has 2 fully saturated rings. The molecule has 3 rings (SSSR count). The van der Waals surface area contributed by atoms with Gasteiger partial charge in [0.05, 0.1) is 15.3 Å². The largest absolute Gasteiger partial charge is 0.416 e. The van der Waals surface area contributed by atoms with Crippen LogP contribution >= 0.6 is 11.8 Å². The third-order valence-corrected chi connectivity index (χ3v) is 8.69. The number of amides is 1. The van der Waals surface area contributed by atoms with Crippen molar-refractivity contribution in [1.29, 1.82) is 0 Å². The van der Waals surface area contributed by atoms with Crippen LogP contribution in [0.2, 0.25) is 0 Å². The van der Waals surface area contributed by atoms with E-state index < -0.39 is 26.6 Å². The predicted octanol–water partition coefficient (Wildman–Crippen LogP) is 3.42. The molecule has 0 aliphatic carbocycles. The SMILES string of the molecule is CC(C)C(=O)N1CCSC12CCN(S(=O)(=O)c1cccc(C(F)(F)F)c1)CC2. The molecule has 10 heteroatoms. The number of carbonyl (C=O) groups excluding carboxylic acids is 1. The van der Waals surface area contributed by atoms with Crippen molar-refractivity contribution >= 4 is 27.7 Å². The molecule has 2 aliphatic heterocycles. The maximum Gasteiger partial charge on any atom is 0.416 e. The van der Waals surface area contributed by atoms with Gasteiger partial charge >= 0.3 is 6.18 Å². The summed E-state index contributed by atoms with van der Waals surface area (Å²) in [6.45, 7) is 4.67. The highest BCUT2D eigenvalue weighted by atomic mass is 32.2. The van der Waals surface area contributed by atoms with Crippen molar-refractivity contribution in [3.8, 4) is 0 Å². The van der Waals surface area contributed by atoms with Crippen molar-refractivity contribution in [3.05, 3.63) is 29.8 Å². The minimum Gasteiger partial charge on any atom is -0.327 e. The van der Waals surface area contributed by atoms with Crippen molar-refractivity contribution in [1.82, 2.24) is 9.21 Å². The highest BCUT2D eigenvalue weighted by Crippen LogP contribution is 2.45. The van der Waals surface area contributed by atoms with E-state index in [9.17, 15) is 26.4 Å². The zero-order chi connectivity index (χ0) is 20.7. The summed E-state index contributed by atoms with van der Waals surface area (Å²) < 4.78 is 65.8. The number of thioether (sulfide) groups is 1. The van der Waals surface area contributed by atoms with Gasteiger partial charge in [-0.1, -0.05) is 19.9 Å². The number of benzene rings is 1. The van der Waals surface area contributed by atoms with Gasteiger partial charge in [-0.2, -0.15) is 17.5 Å². The van der Waals surface area contributed by atoms with E-state index in [2.05, 4.69) is 0 Å². The summed E-state index contributed by atoms with van der Waals surface area (Å²) in [5, 5.41) is 0. The Morgan fingerprint density at radius 3 is 2.39 bits per heavy atom.